The van der Waals surface area contributed by atoms with E-state index in [-0.39, 0.29) is 0 Å². The summed E-state index contributed by atoms with van der Waals surface area (Å²) >= 11 is 4.97. The second kappa shape index (κ2) is 4.63. The highest BCUT2D eigenvalue weighted by Crippen LogP contribution is 2.32. The van der Waals surface area contributed by atoms with E-state index >= 15 is 0 Å². The number of nitrogens with zero attached hydrogens (tertiary/aromatic N) is 1. The van der Waals surface area contributed by atoms with E-state index in [1.54, 1.807) is 11.3 Å². The third-order valence-corrected chi connectivity index (χ3v) is 4.41. The number of benzene rings is 2. The Morgan fingerprint density at radius 2 is 1.94 bits per heavy atom. The third kappa shape index (κ3) is 1.98. The van der Waals surface area contributed by atoms with Crippen LogP contribution in [0, 0.1) is 0 Å². The molecule has 0 aliphatic rings. The van der Waals surface area contributed by atoms with E-state index in [0.717, 1.165) is 31.5 Å². The van der Waals surface area contributed by atoms with Gasteiger partial charge in [-0.05, 0) is 28.1 Å². The molecule has 0 N–H and O–H groups in total. The number of hydrogen-bond acceptors (Lipinski definition) is 3. The van der Waals surface area contributed by atoms with Crippen molar-refractivity contribution < 1.29 is 4.79 Å². The van der Waals surface area contributed by atoms with Gasteiger partial charge < -0.3 is 0 Å². The zero-order chi connectivity index (χ0) is 12.5. The van der Waals surface area contributed by atoms with Crippen LogP contribution < -0.4 is 0 Å². The molecule has 0 aliphatic carbocycles. The second-order valence-corrected chi connectivity index (χ2v) is 5.73. The number of thiazole rings is 1. The molecular weight excluding hydrogens is 310 g/mol. The molecule has 0 saturated carbocycles. The number of fused-ring (bicyclic) bond motifs is 1. The monoisotopic (exact) mass is 317 g/mol. The minimum Gasteiger partial charge on any atom is -0.298 e. The molecule has 3 rings (SSSR count). The van der Waals surface area contributed by atoms with Crippen LogP contribution >= 0.6 is 27.3 Å². The fourth-order valence-corrected chi connectivity index (χ4v) is 3.18. The van der Waals surface area contributed by atoms with Gasteiger partial charge in [-0.1, -0.05) is 30.3 Å². The Hall–Kier alpha value is -1.52. The Morgan fingerprint density at radius 1 is 1.17 bits per heavy atom. The van der Waals surface area contributed by atoms with Crippen LogP contribution in [0.3, 0.4) is 0 Å². The highest BCUT2D eigenvalue weighted by Gasteiger charge is 2.08. The molecule has 0 radical (unpaired) electrons. The number of carbonyl (C=O) groups is 1. The number of halogens is 1. The molecule has 2 nitrogen and oxygen atoms in total. The number of carbonyl (C=O) groups excluding carboxylic acids is 1. The van der Waals surface area contributed by atoms with Crippen LogP contribution in [0.1, 0.15) is 10.4 Å². The topological polar surface area (TPSA) is 30.0 Å². The minimum absolute atomic E-state index is 0.658. The molecule has 0 fully saturated rings. The maximum atomic E-state index is 10.9. The van der Waals surface area contributed by atoms with Crippen LogP contribution in [0.5, 0.6) is 0 Å². The molecule has 0 spiro atoms. The number of hydrogen-bond donors (Lipinski definition) is 0. The molecule has 0 saturated heterocycles. The number of aromatic nitrogens is 1. The van der Waals surface area contributed by atoms with Crippen molar-refractivity contribution in [3.05, 3.63) is 52.5 Å². The van der Waals surface area contributed by atoms with Crippen molar-refractivity contribution in [2.24, 2.45) is 0 Å². The van der Waals surface area contributed by atoms with Gasteiger partial charge in [0.25, 0.3) is 0 Å². The average molecular weight is 318 g/mol. The van der Waals surface area contributed by atoms with Crippen LogP contribution in [-0.2, 0) is 0 Å². The van der Waals surface area contributed by atoms with Gasteiger partial charge in [-0.2, -0.15) is 0 Å². The summed E-state index contributed by atoms with van der Waals surface area (Å²) in [4.78, 5) is 15.5. The molecule has 1 heterocycles. The maximum Gasteiger partial charge on any atom is 0.151 e. The van der Waals surface area contributed by atoms with E-state index in [2.05, 4.69) is 20.9 Å². The predicted octanol–water partition coefficient (Wildman–Crippen LogP) is 4.54. The molecule has 0 bridgehead atoms. The molecule has 0 aliphatic heterocycles. The van der Waals surface area contributed by atoms with E-state index in [9.17, 15) is 4.79 Å². The molecule has 0 atom stereocenters. The lowest BCUT2D eigenvalue weighted by Crippen LogP contribution is -1.81. The SMILES string of the molecule is O=Cc1cc2sc(-c3ccccc3)nc2cc1Br. The van der Waals surface area contributed by atoms with Gasteiger partial charge in [-0.25, -0.2) is 4.98 Å². The molecule has 3 aromatic rings. The van der Waals surface area contributed by atoms with E-state index in [4.69, 9.17) is 0 Å². The van der Waals surface area contributed by atoms with Crippen molar-refractivity contribution in [1.29, 1.82) is 0 Å². The van der Waals surface area contributed by atoms with Crippen molar-refractivity contribution in [3.8, 4) is 10.6 Å². The van der Waals surface area contributed by atoms with E-state index in [1.165, 1.54) is 0 Å². The fraction of sp³-hybridized carbons (Fsp3) is 0. The summed E-state index contributed by atoms with van der Waals surface area (Å²) < 4.78 is 1.81. The Labute approximate surface area is 116 Å². The first-order chi connectivity index (χ1) is 8.78. The summed E-state index contributed by atoms with van der Waals surface area (Å²) in [7, 11) is 0. The van der Waals surface area contributed by atoms with Crippen molar-refractivity contribution >= 4 is 43.8 Å². The summed E-state index contributed by atoms with van der Waals surface area (Å²) in [5.41, 5.74) is 2.67. The van der Waals surface area contributed by atoms with E-state index < -0.39 is 0 Å². The molecule has 1 aromatic heterocycles. The smallest absolute Gasteiger partial charge is 0.151 e. The molecule has 88 valence electrons. The van der Waals surface area contributed by atoms with Crippen molar-refractivity contribution in [2.75, 3.05) is 0 Å². The van der Waals surface area contributed by atoms with Gasteiger partial charge in [0, 0.05) is 15.6 Å². The van der Waals surface area contributed by atoms with Gasteiger partial charge in [-0.15, -0.1) is 11.3 Å². The zero-order valence-corrected chi connectivity index (χ0v) is 11.7. The lowest BCUT2D eigenvalue weighted by Gasteiger charge is -1.94. The largest absolute Gasteiger partial charge is 0.298 e. The molecule has 4 heteroatoms. The van der Waals surface area contributed by atoms with Gasteiger partial charge in [0.1, 0.15) is 5.01 Å². The summed E-state index contributed by atoms with van der Waals surface area (Å²) in [6, 6.07) is 13.8. The van der Waals surface area contributed by atoms with Crippen molar-refractivity contribution in [1.82, 2.24) is 4.98 Å². The first kappa shape index (κ1) is 11.6. The quantitative estimate of drug-likeness (QED) is 0.649. The van der Waals surface area contributed by atoms with Gasteiger partial charge in [0.15, 0.2) is 6.29 Å². The highest BCUT2D eigenvalue weighted by molar-refractivity contribution is 9.10. The number of aldehydes is 1. The summed E-state index contributed by atoms with van der Waals surface area (Å²) in [6.07, 6.45) is 0.853. The molecule has 18 heavy (non-hydrogen) atoms. The third-order valence-electron chi connectivity index (χ3n) is 2.65. The van der Waals surface area contributed by atoms with Gasteiger partial charge in [0.05, 0.1) is 10.2 Å². The molecule has 2 aromatic carbocycles. The lowest BCUT2D eigenvalue weighted by molar-refractivity contribution is 0.112. The average Bonchev–Trinajstić information content (AvgIpc) is 2.81. The number of rotatable bonds is 2. The Morgan fingerprint density at radius 3 is 2.67 bits per heavy atom. The van der Waals surface area contributed by atoms with Crippen LogP contribution in [0.2, 0.25) is 0 Å². The summed E-state index contributed by atoms with van der Waals surface area (Å²) in [5, 5.41) is 0.973. The van der Waals surface area contributed by atoms with Gasteiger partial charge >= 0.3 is 0 Å². The minimum atomic E-state index is 0.658. The highest BCUT2D eigenvalue weighted by atomic mass is 79.9. The summed E-state index contributed by atoms with van der Waals surface area (Å²) in [6.45, 7) is 0. The lowest BCUT2D eigenvalue weighted by atomic mass is 10.2. The Balaban J connectivity index is 2.20. The maximum absolute atomic E-state index is 10.9. The van der Waals surface area contributed by atoms with E-state index in [0.29, 0.717) is 5.56 Å². The Kier molecular flexibility index (Phi) is 2.97. The van der Waals surface area contributed by atoms with Gasteiger partial charge in [-0.3, -0.25) is 4.79 Å². The standard InChI is InChI=1S/C14H8BrNOS/c15-11-7-12-13(6-10(11)8-17)18-14(16-12)9-4-2-1-3-5-9/h1-8H. The molecule has 0 unspecified atom stereocenters. The first-order valence-electron chi connectivity index (χ1n) is 5.38. The fourth-order valence-electron chi connectivity index (χ4n) is 1.76. The second-order valence-electron chi connectivity index (χ2n) is 3.84. The normalized spacial score (nSPS) is 10.7. The van der Waals surface area contributed by atoms with Crippen LogP contribution in [0.4, 0.5) is 0 Å². The Bertz CT molecular complexity index is 721. The first-order valence-corrected chi connectivity index (χ1v) is 6.99. The predicted molar refractivity (Wildman–Crippen MR) is 78.1 cm³/mol. The van der Waals surface area contributed by atoms with Crippen LogP contribution in [-0.4, -0.2) is 11.3 Å². The van der Waals surface area contributed by atoms with Crippen LogP contribution in [0.15, 0.2) is 46.9 Å². The van der Waals surface area contributed by atoms with Crippen LogP contribution in [0.25, 0.3) is 20.8 Å². The van der Waals surface area contributed by atoms with Gasteiger partial charge in [0.2, 0.25) is 0 Å². The van der Waals surface area contributed by atoms with Crippen molar-refractivity contribution in [2.45, 2.75) is 0 Å². The molecular formula is C14H8BrNOS. The summed E-state index contributed by atoms with van der Waals surface area (Å²) in [5.74, 6) is 0. The zero-order valence-electron chi connectivity index (χ0n) is 9.26. The molecule has 0 amide bonds. The van der Waals surface area contributed by atoms with Crippen molar-refractivity contribution in [3.63, 3.8) is 0 Å². The van der Waals surface area contributed by atoms with E-state index in [1.807, 2.05) is 42.5 Å².